The number of ether oxygens (including phenoxy) is 1. The maximum absolute atomic E-state index is 12.2. The van der Waals surface area contributed by atoms with Crippen LogP contribution >= 0.6 is 23.1 Å². The van der Waals surface area contributed by atoms with Crippen molar-refractivity contribution in [3.8, 4) is 0 Å². The zero-order valence-corrected chi connectivity index (χ0v) is 12.5. The highest BCUT2D eigenvalue weighted by Gasteiger charge is 2.32. The summed E-state index contributed by atoms with van der Waals surface area (Å²) in [4.78, 5) is 25.6. The maximum Gasteiger partial charge on any atom is 0.328 e. The third-order valence-electron chi connectivity index (χ3n) is 3.13. The number of thiophene rings is 1. The van der Waals surface area contributed by atoms with Gasteiger partial charge < -0.3 is 9.64 Å². The Morgan fingerprint density at radius 2 is 2.37 bits per heavy atom. The van der Waals surface area contributed by atoms with E-state index >= 15 is 0 Å². The van der Waals surface area contributed by atoms with Crippen LogP contribution in [0.5, 0.6) is 0 Å². The predicted molar refractivity (Wildman–Crippen MR) is 76.4 cm³/mol. The van der Waals surface area contributed by atoms with Gasteiger partial charge in [0.2, 0.25) is 5.91 Å². The first-order chi connectivity index (χ1) is 9.22. The van der Waals surface area contributed by atoms with Gasteiger partial charge in [0.25, 0.3) is 0 Å². The summed E-state index contributed by atoms with van der Waals surface area (Å²) in [5.74, 6) is 0.108. The van der Waals surface area contributed by atoms with Gasteiger partial charge in [0, 0.05) is 6.54 Å². The molecule has 0 aromatic carbocycles. The second-order valence-corrected chi connectivity index (χ2v) is 6.57. The fourth-order valence-corrected chi connectivity index (χ4v) is 3.84. The molecular formula is C13H17NO3S2. The van der Waals surface area contributed by atoms with Crippen LogP contribution in [-0.2, 0) is 14.3 Å². The molecule has 1 aromatic heterocycles. The number of carbonyl (C=O) groups excluding carboxylic acids is 2. The highest BCUT2D eigenvalue weighted by atomic mass is 32.2. The summed E-state index contributed by atoms with van der Waals surface area (Å²) in [5.41, 5.74) is 0. The molecule has 0 bridgehead atoms. The van der Waals surface area contributed by atoms with E-state index in [1.165, 1.54) is 18.9 Å². The Hall–Kier alpha value is -1.01. The molecule has 1 saturated heterocycles. The largest absolute Gasteiger partial charge is 0.467 e. The average molecular weight is 299 g/mol. The minimum Gasteiger partial charge on any atom is -0.467 e. The average Bonchev–Trinajstić information content (AvgIpc) is 2.97. The Morgan fingerprint density at radius 3 is 3.05 bits per heavy atom. The molecule has 1 fully saturated rings. The van der Waals surface area contributed by atoms with Crippen LogP contribution in [0.3, 0.4) is 0 Å². The van der Waals surface area contributed by atoms with Gasteiger partial charge in [0.15, 0.2) is 0 Å². The van der Waals surface area contributed by atoms with Crippen molar-refractivity contribution in [2.45, 2.75) is 29.5 Å². The first-order valence-corrected chi connectivity index (χ1v) is 8.12. The Bertz CT molecular complexity index is 433. The molecule has 1 aliphatic heterocycles. The summed E-state index contributed by atoms with van der Waals surface area (Å²) in [6.45, 7) is 0.656. The van der Waals surface area contributed by atoms with Crippen molar-refractivity contribution in [2.75, 3.05) is 19.4 Å². The molecule has 1 unspecified atom stereocenters. The van der Waals surface area contributed by atoms with Gasteiger partial charge in [-0.2, -0.15) is 0 Å². The van der Waals surface area contributed by atoms with Crippen molar-refractivity contribution in [2.24, 2.45) is 0 Å². The lowest BCUT2D eigenvalue weighted by Crippen LogP contribution is -2.49. The number of amides is 1. The SMILES string of the molecule is COC(=O)C1CCCCN1C(=O)CSc1cccs1. The van der Waals surface area contributed by atoms with Gasteiger partial charge >= 0.3 is 5.97 Å². The number of thioether (sulfide) groups is 1. The number of nitrogens with zero attached hydrogens (tertiary/aromatic N) is 1. The summed E-state index contributed by atoms with van der Waals surface area (Å²) in [6.07, 6.45) is 2.65. The second-order valence-electron chi connectivity index (χ2n) is 4.34. The van der Waals surface area contributed by atoms with Crippen molar-refractivity contribution < 1.29 is 14.3 Å². The van der Waals surface area contributed by atoms with Gasteiger partial charge in [-0.15, -0.1) is 23.1 Å². The molecule has 0 aliphatic carbocycles. The van der Waals surface area contributed by atoms with E-state index in [1.54, 1.807) is 16.2 Å². The standard InChI is InChI=1S/C13H17NO3S2/c1-17-13(16)10-5-2-3-7-14(10)11(15)9-19-12-6-4-8-18-12/h4,6,8,10H,2-3,5,7,9H2,1H3. The lowest BCUT2D eigenvalue weighted by Gasteiger charge is -2.33. The number of hydrogen-bond acceptors (Lipinski definition) is 5. The number of piperidine rings is 1. The van der Waals surface area contributed by atoms with E-state index in [4.69, 9.17) is 4.74 Å². The number of hydrogen-bond donors (Lipinski definition) is 0. The van der Waals surface area contributed by atoms with E-state index in [0.29, 0.717) is 18.7 Å². The van der Waals surface area contributed by atoms with E-state index < -0.39 is 6.04 Å². The molecule has 104 valence electrons. The van der Waals surface area contributed by atoms with Crippen molar-refractivity contribution in [3.05, 3.63) is 17.5 Å². The van der Waals surface area contributed by atoms with Gasteiger partial charge in [-0.05, 0) is 30.7 Å². The molecule has 4 nitrogen and oxygen atoms in total. The van der Waals surface area contributed by atoms with Crippen LogP contribution in [0.4, 0.5) is 0 Å². The summed E-state index contributed by atoms with van der Waals surface area (Å²) in [5, 5.41) is 1.99. The quantitative estimate of drug-likeness (QED) is 0.632. The third-order valence-corrected chi connectivity index (χ3v) is 5.25. The van der Waals surface area contributed by atoms with Gasteiger partial charge in [-0.3, -0.25) is 4.79 Å². The number of likely N-dealkylation sites (tertiary alicyclic amines) is 1. The minimum absolute atomic E-state index is 0.0218. The van der Waals surface area contributed by atoms with Gasteiger partial charge in [0.05, 0.1) is 17.1 Å². The zero-order valence-electron chi connectivity index (χ0n) is 10.8. The van der Waals surface area contributed by atoms with E-state index in [-0.39, 0.29) is 11.9 Å². The smallest absolute Gasteiger partial charge is 0.328 e. The summed E-state index contributed by atoms with van der Waals surface area (Å²) in [7, 11) is 1.37. The van der Waals surface area contributed by atoms with E-state index in [0.717, 1.165) is 17.1 Å². The Balaban J connectivity index is 1.93. The van der Waals surface area contributed by atoms with Crippen LogP contribution in [0.15, 0.2) is 21.7 Å². The van der Waals surface area contributed by atoms with Crippen molar-refractivity contribution in [1.82, 2.24) is 4.90 Å². The Morgan fingerprint density at radius 1 is 1.53 bits per heavy atom. The molecule has 0 spiro atoms. The third kappa shape index (κ3) is 3.73. The van der Waals surface area contributed by atoms with Crippen LogP contribution < -0.4 is 0 Å². The fourth-order valence-electron chi connectivity index (χ4n) is 2.17. The highest BCUT2D eigenvalue weighted by Crippen LogP contribution is 2.25. The number of rotatable bonds is 4. The van der Waals surface area contributed by atoms with Gasteiger partial charge in [0.1, 0.15) is 6.04 Å². The van der Waals surface area contributed by atoms with Crippen LogP contribution in [-0.4, -0.2) is 42.2 Å². The van der Waals surface area contributed by atoms with Crippen molar-refractivity contribution >= 4 is 35.0 Å². The lowest BCUT2D eigenvalue weighted by molar-refractivity contribution is -0.153. The molecule has 2 rings (SSSR count). The minimum atomic E-state index is -0.393. The normalized spacial score (nSPS) is 19.2. The first-order valence-electron chi connectivity index (χ1n) is 6.26. The molecule has 0 radical (unpaired) electrons. The van der Waals surface area contributed by atoms with Crippen molar-refractivity contribution in [1.29, 1.82) is 0 Å². The zero-order chi connectivity index (χ0) is 13.7. The number of methoxy groups -OCH3 is 1. The predicted octanol–water partition coefficient (Wildman–Crippen LogP) is 2.39. The monoisotopic (exact) mass is 299 g/mol. The second kappa shape index (κ2) is 6.96. The molecule has 1 aliphatic rings. The molecular weight excluding hydrogens is 282 g/mol. The van der Waals surface area contributed by atoms with E-state index in [1.807, 2.05) is 17.5 Å². The van der Waals surface area contributed by atoms with Crippen LogP contribution in [0.25, 0.3) is 0 Å². The topological polar surface area (TPSA) is 46.6 Å². The Labute approximate surface area is 121 Å². The van der Waals surface area contributed by atoms with Gasteiger partial charge in [-0.1, -0.05) is 6.07 Å². The number of carbonyl (C=O) groups is 2. The lowest BCUT2D eigenvalue weighted by atomic mass is 10.0. The maximum atomic E-state index is 12.2. The Kier molecular flexibility index (Phi) is 5.27. The van der Waals surface area contributed by atoms with E-state index in [2.05, 4.69) is 0 Å². The molecule has 0 saturated carbocycles. The molecule has 1 aromatic rings. The summed E-state index contributed by atoms with van der Waals surface area (Å²) < 4.78 is 5.91. The summed E-state index contributed by atoms with van der Waals surface area (Å²) >= 11 is 3.15. The molecule has 2 heterocycles. The molecule has 6 heteroatoms. The van der Waals surface area contributed by atoms with Crippen LogP contribution in [0.1, 0.15) is 19.3 Å². The van der Waals surface area contributed by atoms with E-state index in [9.17, 15) is 9.59 Å². The van der Waals surface area contributed by atoms with Gasteiger partial charge in [-0.25, -0.2) is 4.79 Å². The molecule has 1 atom stereocenters. The first kappa shape index (κ1) is 14.4. The number of esters is 1. The summed E-state index contributed by atoms with van der Waals surface area (Å²) in [6, 6.07) is 3.57. The van der Waals surface area contributed by atoms with Crippen LogP contribution in [0.2, 0.25) is 0 Å². The highest BCUT2D eigenvalue weighted by molar-refractivity contribution is 8.01. The van der Waals surface area contributed by atoms with Crippen molar-refractivity contribution in [3.63, 3.8) is 0 Å². The molecule has 19 heavy (non-hydrogen) atoms. The fraction of sp³-hybridized carbons (Fsp3) is 0.538. The van der Waals surface area contributed by atoms with Crippen LogP contribution in [0, 0.1) is 0 Å². The molecule has 1 amide bonds. The molecule has 0 N–H and O–H groups in total.